The molecule has 0 bridgehead atoms. The van der Waals surface area contributed by atoms with Crippen LogP contribution in [0.3, 0.4) is 0 Å². The number of likely N-dealkylation sites (N-methyl/N-ethyl adjacent to an activating group) is 1. The Morgan fingerprint density at radius 1 is 1.05 bits per heavy atom. The molecule has 0 unspecified atom stereocenters. The van der Waals surface area contributed by atoms with E-state index < -0.39 is 41.4 Å². The topological polar surface area (TPSA) is 71.5 Å². The number of hydrogen-bond acceptors (Lipinski definition) is 6. The van der Waals surface area contributed by atoms with Crippen LogP contribution in [0.1, 0.15) is 32.7 Å². The second-order valence-corrected chi connectivity index (χ2v) is 11.2. The number of halogens is 5. The molecule has 0 atom stereocenters. The Bertz CT molecular complexity index is 1620. The summed E-state index contributed by atoms with van der Waals surface area (Å²) in [7, 11) is 1.98. The van der Waals surface area contributed by atoms with Crippen LogP contribution < -0.4 is 10.1 Å². The zero-order chi connectivity index (χ0) is 31.1. The lowest BCUT2D eigenvalue weighted by molar-refractivity contribution is -0.137. The van der Waals surface area contributed by atoms with E-state index in [0.29, 0.717) is 23.9 Å². The molecule has 0 radical (unpaired) electrons. The van der Waals surface area contributed by atoms with Crippen molar-refractivity contribution in [2.75, 3.05) is 25.5 Å². The Hall–Kier alpha value is -3.93. The number of alkyl halides is 3. The van der Waals surface area contributed by atoms with E-state index in [0.717, 1.165) is 29.1 Å². The molecule has 0 saturated carbocycles. The molecular weight excluding hydrogens is 606 g/mol. The molecule has 4 rings (SSSR count). The normalized spacial score (nSPS) is 11.4. The Balaban J connectivity index is 1.38. The predicted octanol–water partition coefficient (Wildman–Crippen LogP) is 7.63. The van der Waals surface area contributed by atoms with Crippen LogP contribution in [0.4, 0.5) is 23.2 Å². The second kappa shape index (κ2) is 14.0. The van der Waals surface area contributed by atoms with Gasteiger partial charge in [0.05, 0.1) is 11.1 Å². The van der Waals surface area contributed by atoms with E-state index in [-0.39, 0.29) is 16.3 Å². The number of aryl methyl sites for hydroxylation is 1. The molecule has 0 aliphatic heterocycles. The molecule has 1 heterocycles. The highest BCUT2D eigenvalue weighted by Crippen LogP contribution is 2.32. The van der Waals surface area contributed by atoms with E-state index >= 15 is 0 Å². The standard InChI is InChI=1S/C31H26ClF4N3O3S/c1-19-13-25(43-39(2)12-10-24-5-3-4-11-37-24)7-8-27(19)38-29(40)18-42-28-9-6-22(32)17-26(28)30(41)20-14-21(31(34,35)36)16-23(33)15-20/h3-9,11,13-17H,10,12,18H2,1-2H3,(H,38,40). The van der Waals surface area contributed by atoms with E-state index in [9.17, 15) is 27.2 Å². The van der Waals surface area contributed by atoms with Crippen LogP contribution in [-0.2, 0) is 17.4 Å². The molecule has 3 aromatic carbocycles. The quantitative estimate of drug-likeness (QED) is 0.104. The molecule has 1 N–H and O–H groups in total. The highest BCUT2D eigenvalue weighted by Gasteiger charge is 2.32. The molecule has 6 nitrogen and oxygen atoms in total. The predicted molar refractivity (Wildman–Crippen MR) is 158 cm³/mol. The number of benzene rings is 3. The third-order valence-corrected chi connectivity index (χ3v) is 7.37. The molecule has 0 saturated heterocycles. The third kappa shape index (κ3) is 9.03. The van der Waals surface area contributed by atoms with Gasteiger partial charge in [-0.15, -0.1) is 0 Å². The number of pyridine rings is 1. The van der Waals surface area contributed by atoms with Gasteiger partial charge in [-0.2, -0.15) is 13.2 Å². The summed E-state index contributed by atoms with van der Waals surface area (Å²) in [4.78, 5) is 31.1. The summed E-state index contributed by atoms with van der Waals surface area (Å²) in [5.41, 5.74) is 0.302. The van der Waals surface area contributed by atoms with Crippen molar-refractivity contribution in [1.82, 2.24) is 9.29 Å². The van der Waals surface area contributed by atoms with Crippen LogP contribution >= 0.6 is 23.5 Å². The van der Waals surface area contributed by atoms with Gasteiger partial charge in [0, 0.05) is 46.0 Å². The van der Waals surface area contributed by atoms with Crippen LogP contribution in [0, 0.1) is 12.7 Å². The van der Waals surface area contributed by atoms with Crippen molar-refractivity contribution < 1.29 is 31.9 Å². The first kappa shape index (κ1) is 32.0. The minimum absolute atomic E-state index is 0.0976. The molecule has 43 heavy (non-hydrogen) atoms. The molecule has 0 aliphatic carbocycles. The van der Waals surface area contributed by atoms with Gasteiger partial charge in [0.1, 0.15) is 11.6 Å². The first-order valence-electron chi connectivity index (χ1n) is 12.9. The molecule has 0 fully saturated rings. The Labute approximate surface area is 255 Å². The number of amides is 1. The van der Waals surface area contributed by atoms with Crippen LogP contribution in [0.2, 0.25) is 5.02 Å². The number of anilines is 1. The second-order valence-electron chi connectivity index (χ2n) is 9.52. The monoisotopic (exact) mass is 631 g/mol. The fourth-order valence-corrected chi connectivity index (χ4v) is 5.12. The average molecular weight is 632 g/mol. The van der Waals surface area contributed by atoms with E-state index in [4.69, 9.17) is 16.3 Å². The fourth-order valence-electron chi connectivity index (χ4n) is 4.05. The third-order valence-electron chi connectivity index (χ3n) is 6.17. The van der Waals surface area contributed by atoms with Crippen molar-refractivity contribution in [2.24, 2.45) is 0 Å². The first-order chi connectivity index (χ1) is 20.4. The molecule has 0 aliphatic rings. The highest BCUT2D eigenvalue weighted by atomic mass is 35.5. The van der Waals surface area contributed by atoms with Gasteiger partial charge in [-0.1, -0.05) is 17.7 Å². The average Bonchev–Trinajstić information content (AvgIpc) is 2.96. The molecule has 1 aromatic heterocycles. The van der Waals surface area contributed by atoms with Gasteiger partial charge in [0.2, 0.25) is 0 Å². The summed E-state index contributed by atoms with van der Waals surface area (Å²) in [6.07, 6.45) is -2.29. The van der Waals surface area contributed by atoms with Gasteiger partial charge in [0.15, 0.2) is 12.4 Å². The van der Waals surface area contributed by atoms with Crippen molar-refractivity contribution in [3.05, 3.63) is 118 Å². The minimum Gasteiger partial charge on any atom is -0.483 e. The zero-order valence-corrected chi connectivity index (χ0v) is 24.6. The Morgan fingerprint density at radius 2 is 1.84 bits per heavy atom. The maximum Gasteiger partial charge on any atom is 0.416 e. The van der Waals surface area contributed by atoms with Crippen molar-refractivity contribution >= 4 is 40.9 Å². The number of nitrogens with zero attached hydrogens (tertiary/aromatic N) is 2. The van der Waals surface area contributed by atoms with E-state index in [1.807, 2.05) is 44.3 Å². The molecule has 1 amide bonds. The summed E-state index contributed by atoms with van der Waals surface area (Å²) >= 11 is 7.57. The number of ketones is 1. The van der Waals surface area contributed by atoms with Crippen LogP contribution in [0.25, 0.3) is 0 Å². The summed E-state index contributed by atoms with van der Waals surface area (Å²) in [6.45, 7) is 2.12. The van der Waals surface area contributed by atoms with Gasteiger partial charge in [-0.3, -0.25) is 14.6 Å². The van der Waals surface area contributed by atoms with Gasteiger partial charge in [-0.05, 0) is 98.2 Å². The maximum absolute atomic E-state index is 13.9. The van der Waals surface area contributed by atoms with Crippen LogP contribution in [-0.4, -0.2) is 41.2 Å². The van der Waals surface area contributed by atoms with E-state index in [1.165, 1.54) is 18.2 Å². The van der Waals surface area contributed by atoms with Crippen molar-refractivity contribution in [2.45, 2.75) is 24.4 Å². The summed E-state index contributed by atoms with van der Waals surface area (Å²) < 4.78 is 61.1. The number of aromatic nitrogens is 1. The van der Waals surface area contributed by atoms with Gasteiger partial charge >= 0.3 is 6.18 Å². The van der Waals surface area contributed by atoms with Crippen molar-refractivity contribution in [3.8, 4) is 5.75 Å². The molecular formula is C31H26ClF4N3O3S. The Morgan fingerprint density at radius 3 is 2.53 bits per heavy atom. The first-order valence-corrected chi connectivity index (χ1v) is 14.1. The largest absolute Gasteiger partial charge is 0.483 e. The van der Waals surface area contributed by atoms with Crippen LogP contribution in [0.15, 0.2) is 83.9 Å². The lowest BCUT2D eigenvalue weighted by Gasteiger charge is -2.17. The number of ether oxygens (including phenoxy) is 1. The van der Waals surface area contributed by atoms with Gasteiger partial charge in [0.25, 0.3) is 5.91 Å². The SMILES string of the molecule is Cc1cc(SN(C)CCc2ccccn2)ccc1NC(=O)COc1ccc(Cl)cc1C(=O)c1cc(F)cc(C(F)(F)F)c1. The lowest BCUT2D eigenvalue weighted by Crippen LogP contribution is -2.21. The summed E-state index contributed by atoms with van der Waals surface area (Å²) in [5.74, 6) is -2.80. The minimum atomic E-state index is -4.85. The van der Waals surface area contributed by atoms with E-state index in [1.54, 1.807) is 24.2 Å². The maximum atomic E-state index is 13.9. The fraction of sp³-hybridized carbons (Fsp3) is 0.194. The van der Waals surface area contributed by atoms with Crippen molar-refractivity contribution in [1.29, 1.82) is 0 Å². The van der Waals surface area contributed by atoms with E-state index in [2.05, 4.69) is 14.6 Å². The van der Waals surface area contributed by atoms with Gasteiger partial charge in [-0.25, -0.2) is 8.70 Å². The van der Waals surface area contributed by atoms with Crippen molar-refractivity contribution in [3.63, 3.8) is 0 Å². The van der Waals surface area contributed by atoms with Gasteiger partial charge < -0.3 is 10.1 Å². The number of rotatable bonds is 11. The molecule has 12 heteroatoms. The Kier molecular flexibility index (Phi) is 10.4. The number of carbonyl (C=O) groups excluding carboxylic acids is 2. The molecule has 0 spiro atoms. The lowest BCUT2D eigenvalue weighted by atomic mass is 10.00. The number of carbonyl (C=O) groups is 2. The van der Waals surface area contributed by atoms with Crippen LogP contribution in [0.5, 0.6) is 5.75 Å². The number of hydrogen-bond donors (Lipinski definition) is 1. The molecule has 4 aromatic rings. The summed E-state index contributed by atoms with van der Waals surface area (Å²) in [5, 5.41) is 2.85. The highest BCUT2D eigenvalue weighted by molar-refractivity contribution is 7.97. The smallest absolute Gasteiger partial charge is 0.416 e. The number of nitrogens with one attached hydrogen (secondary N) is 1. The molecule has 224 valence electrons. The summed E-state index contributed by atoms with van der Waals surface area (Å²) in [6, 6.07) is 16.8. The zero-order valence-electron chi connectivity index (χ0n) is 23.0.